The van der Waals surface area contributed by atoms with E-state index in [0.29, 0.717) is 6.04 Å². The second kappa shape index (κ2) is 5.00. The first-order valence-corrected chi connectivity index (χ1v) is 6.42. The first-order chi connectivity index (χ1) is 8.09. The van der Waals surface area contributed by atoms with Crippen molar-refractivity contribution in [3.8, 4) is 0 Å². The van der Waals surface area contributed by atoms with Gasteiger partial charge in [0.2, 0.25) is 0 Å². The van der Waals surface area contributed by atoms with E-state index in [9.17, 15) is 0 Å². The molecule has 0 amide bonds. The summed E-state index contributed by atoms with van der Waals surface area (Å²) in [6, 6.07) is 0.579. The van der Waals surface area contributed by atoms with E-state index >= 15 is 0 Å². The zero-order chi connectivity index (χ0) is 12.4. The summed E-state index contributed by atoms with van der Waals surface area (Å²) in [6.45, 7) is 7.14. The Bertz CT molecular complexity index is 389. The predicted octanol–water partition coefficient (Wildman–Crippen LogP) is 1.80. The molecule has 2 atom stereocenters. The van der Waals surface area contributed by atoms with Crippen molar-refractivity contribution in [2.75, 3.05) is 11.4 Å². The van der Waals surface area contributed by atoms with E-state index in [0.717, 1.165) is 30.2 Å². The Hall–Kier alpha value is -1.16. The summed E-state index contributed by atoms with van der Waals surface area (Å²) in [4.78, 5) is 11.4. The lowest BCUT2D eigenvalue weighted by atomic mass is 9.97. The summed E-state index contributed by atoms with van der Waals surface area (Å²) in [7, 11) is 0. The molecule has 17 heavy (non-hydrogen) atoms. The van der Waals surface area contributed by atoms with E-state index in [4.69, 9.17) is 5.73 Å². The van der Waals surface area contributed by atoms with Crippen LogP contribution in [-0.2, 0) is 0 Å². The number of nitrogens with zero attached hydrogens (tertiary/aromatic N) is 3. The maximum atomic E-state index is 6.09. The first kappa shape index (κ1) is 12.3. The number of piperidine rings is 1. The summed E-state index contributed by atoms with van der Waals surface area (Å²) in [6.07, 6.45) is 5.47. The van der Waals surface area contributed by atoms with Gasteiger partial charge in [0.05, 0.1) is 11.4 Å². The largest absolute Gasteiger partial charge is 0.351 e. The molecule has 0 saturated carbocycles. The standard InChI is InChI=1S/C13H22N4/c1-9-8-15-11(3)13(16-9)17-7-5-4-6-12(17)10(2)14/h8,10,12H,4-7,14H2,1-3H3. The lowest BCUT2D eigenvalue weighted by Crippen LogP contribution is -2.50. The Labute approximate surface area is 103 Å². The SMILES string of the molecule is Cc1cnc(C)c(N2CCCCC2C(C)N)n1. The van der Waals surface area contributed by atoms with Gasteiger partial charge in [0.15, 0.2) is 5.82 Å². The van der Waals surface area contributed by atoms with Gasteiger partial charge >= 0.3 is 0 Å². The van der Waals surface area contributed by atoms with Gasteiger partial charge in [-0.2, -0.15) is 0 Å². The number of hydrogen-bond donors (Lipinski definition) is 1. The van der Waals surface area contributed by atoms with Crippen molar-refractivity contribution in [1.82, 2.24) is 9.97 Å². The smallest absolute Gasteiger partial charge is 0.150 e. The van der Waals surface area contributed by atoms with Gasteiger partial charge in [-0.05, 0) is 40.0 Å². The molecule has 2 heterocycles. The number of aryl methyl sites for hydroxylation is 2. The lowest BCUT2D eigenvalue weighted by molar-refractivity contribution is 0.410. The summed E-state index contributed by atoms with van der Waals surface area (Å²) in [5.41, 5.74) is 8.07. The molecule has 2 unspecified atom stereocenters. The van der Waals surface area contributed by atoms with Crippen molar-refractivity contribution in [2.45, 2.75) is 52.1 Å². The van der Waals surface area contributed by atoms with Crippen LogP contribution in [-0.4, -0.2) is 28.6 Å². The maximum absolute atomic E-state index is 6.09. The topological polar surface area (TPSA) is 55.0 Å². The molecular weight excluding hydrogens is 212 g/mol. The van der Waals surface area contributed by atoms with E-state index in [1.165, 1.54) is 12.8 Å². The minimum absolute atomic E-state index is 0.178. The summed E-state index contributed by atoms with van der Waals surface area (Å²) >= 11 is 0. The van der Waals surface area contributed by atoms with E-state index in [-0.39, 0.29) is 6.04 Å². The molecule has 1 aliphatic heterocycles. The minimum Gasteiger partial charge on any atom is -0.351 e. The maximum Gasteiger partial charge on any atom is 0.150 e. The van der Waals surface area contributed by atoms with Gasteiger partial charge in [0.1, 0.15) is 0 Å². The molecule has 0 radical (unpaired) electrons. The van der Waals surface area contributed by atoms with Crippen molar-refractivity contribution in [3.05, 3.63) is 17.6 Å². The van der Waals surface area contributed by atoms with Gasteiger partial charge in [-0.25, -0.2) is 4.98 Å². The van der Waals surface area contributed by atoms with Crippen molar-refractivity contribution in [1.29, 1.82) is 0 Å². The number of anilines is 1. The van der Waals surface area contributed by atoms with Gasteiger partial charge in [-0.1, -0.05) is 0 Å². The fraction of sp³-hybridized carbons (Fsp3) is 0.692. The Morgan fingerprint density at radius 1 is 1.41 bits per heavy atom. The monoisotopic (exact) mass is 234 g/mol. The third-order valence-electron chi connectivity index (χ3n) is 3.48. The van der Waals surface area contributed by atoms with Crippen molar-refractivity contribution < 1.29 is 0 Å². The summed E-state index contributed by atoms with van der Waals surface area (Å²) in [5.74, 6) is 1.02. The second-order valence-electron chi connectivity index (χ2n) is 5.04. The molecule has 94 valence electrons. The number of aromatic nitrogens is 2. The van der Waals surface area contributed by atoms with Crippen LogP contribution in [0.5, 0.6) is 0 Å². The van der Waals surface area contributed by atoms with E-state index in [2.05, 4.69) is 21.8 Å². The van der Waals surface area contributed by atoms with Crippen LogP contribution in [0.1, 0.15) is 37.6 Å². The second-order valence-corrected chi connectivity index (χ2v) is 5.04. The van der Waals surface area contributed by atoms with Crippen LogP contribution < -0.4 is 10.6 Å². The third-order valence-corrected chi connectivity index (χ3v) is 3.48. The normalized spacial score (nSPS) is 22.6. The van der Waals surface area contributed by atoms with Gasteiger partial charge in [0.25, 0.3) is 0 Å². The van der Waals surface area contributed by atoms with Gasteiger partial charge in [-0.15, -0.1) is 0 Å². The van der Waals surface area contributed by atoms with E-state index in [1.807, 2.05) is 20.0 Å². The van der Waals surface area contributed by atoms with Crippen molar-refractivity contribution in [2.24, 2.45) is 5.73 Å². The van der Waals surface area contributed by atoms with Crippen molar-refractivity contribution in [3.63, 3.8) is 0 Å². The molecule has 1 aromatic heterocycles. The number of hydrogen-bond acceptors (Lipinski definition) is 4. The quantitative estimate of drug-likeness (QED) is 0.847. The Morgan fingerprint density at radius 2 is 2.18 bits per heavy atom. The molecule has 0 aromatic carbocycles. The molecule has 1 aliphatic rings. The lowest BCUT2D eigenvalue weighted by Gasteiger charge is -2.39. The molecule has 2 rings (SSSR count). The van der Waals surface area contributed by atoms with Crippen LogP contribution in [0.25, 0.3) is 0 Å². The van der Waals surface area contributed by atoms with Crippen LogP contribution in [0.3, 0.4) is 0 Å². The highest BCUT2D eigenvalue weighted by Crippen LogP contribution is 2.26. The first-order valence-electron chi connectivity index (χ1n) is 6.42. The molecule has 0 bridgehead atoms. The zero-order valence-electron chi connectivity index (χ0n) is 11.0. The molecule has 1 fully saturated rings. The molecule has 0 aliphatic carbocycles. The zero-order valence-corrected chi connectivity index (χ0v) is 11.0. The van der Waals surface area contributed by atoms with Gasteiger partial charge < -0.3 is 10.6 Å². The molecule has 4 nitrogen and oxygen atoms in total. The molecule has 2 N–H and O–H groups in total. The average Bonchev–Trinajstić information content (AvgIpc) is 2.32. The highest BCUT2D eigenvalue weighted by atomic mass is 15.2. The van der Waals surface area contributed by atoms with Crippen LogP contribution in [0.2, 0.25) is 0 Å². The van der Waals surface area contributed by atoms with Gasteiger partial charge in [0, 0.05) is 24.8 Å². The molecule has 1 aromatic rings. The Balaban J connectivity index is 2.32. The molecule has 0 spiro atoms. The predicted molar refractivity (Wildman–Crippen MR) is 70.1 cm³/mol. The van der Waals surface area contributed by atoms with Crippen LogP contribution in [0.15, 0.2) is 6.20 Å². The Morgan fingerprint density at radius 3 is 2.88 bits per heavy atom. The highest BCUT2D eigenvalue weighted by molar-refractivity contribution is 5.45. The minimum atomic E-state index is 0.178. The van der Waals surface area contributed by atoms with Crippen LogP contribution in [0, 0.1) is 13.8 Å². The summed E-state index contributed by atoms with van der Waals surface area (Å²) < 4.78 is 0. The fourth-order valence-corrected chi connectivity index (χ4v) is 2.56. The van der Waals surface area contributed by atoms with Gasteiger partial charge in [-0.3, -0.25) is 4.98 Å². The van der Waals surface area contributed by atoms with E-state index in [1.54, 1.807) is 0 Å². The number of rotatable bonds is 2. The van der Waals surface area contributed by atoms with Crippen LogP contribution in [0.4, 0.5) is 5.82 Å². The average molecular weight is 234 g/mol. The fourth-order valence-electron chi connectivity index (χ4n) is 2.56. The molecule has 1 saturated heterocycles. The van der Waals surface area contributed by atoms with Crippen molar-refractivity contribution >= 4 is 5.82 Å². The van der Waals surface area contributed by atoms with Crippen LogP contribution >= 0.6 is 0 Å². The molecule has 4 heteroatoms. The Kier molecular flexibility index (Phi) is 3.62. The highest BCUT2D eigenvalue weighted by Gasteiger charge is 2.27. The third kappa shape index (κ3) is 2.57. The molecular formula is C13H22N4. The summed E-state index contributed by atoms with van der Waals surface area (Å²) in [5, 5.41) is 0. The number of nitrogens with two attached hydrogens (primary N) is 1. The van der Waals surface area contributed by atoms with E-state index < -0.39 is 0 Å².